The van der Waals surface area contributed by atoms with Crippen molar-refractivity contribution in [2.45, 2.75) is 6.61 Å². The Morgan fingerprint density at radius 3 is 2.81 bits per heavy atom. The molecule has 0 saturated carbocycles. The number of aromatic nitrogens is 1. The molecule has 1 aromatic heterocycles. The van der Waals surface area contributed by atoms with E-state index in [2.05, 4.69) is 15.0 Å². The van der Waals surface area contributed by atoms with E-state index >= 15 is 0 Å². The van der Waals surface area contributed by atoms with Gasteiger partial charge in [-0.05, 0) is 29.8 Å². The maximum Gasteiger partial charge on any atom is 0.140 e. The first-order valence-corrected chi connectivity index (χ1v) is 5.43. The summed E-state index contributed by atoms with van der Waals surface area (Å²) in [5, 5.41) is 6.31. The lowest BCUT2D eigenvalue weighted by Crippen LogP contribution is -1.93. The van der Waals surface area contributed by atoms with Crippen LogP contribution in [0, 0.1) is 0 Å². The zero-order valence-electron chi connectivity index (χ0n) is 8.28. The first kappa shape index (κ1) is 10.5. The van der Waals surface area contributed by atoms with Crippen LogP contribution < -0.4 is 4.74 Å². The minimum Gasteiger partial charge on any atom is -0.486 e. The fourth-order valence-electron chi connectivity index (χ4n) is 1.13. The molecule has 6 heteroatoms. The van der Waals surface area contributed by atoms with Gasteiger partial charge in [-0.15, -0.1) is 11.3 Å². The van der Waals surface area contributed by atoms with Gasteiger partial charge in [-0.3, -0.25) is 0 Å². The second-order valence-corrected chi connectivity index (χ2v) is 3.88. The lowest BCUT2D eigenvalue weighted by molar-refractivity contribution is 0.305. The van der Waals surface area contributed by atoms with Gasteiger partial charge < -0.3 is 4.74 Å². The normalized spacial score (nSPS) is 9.50. The Balaban J connectivity index is 1.97. The van der Waals surface area contributed by atoms with E-state index in [1.54, 1.807) is 41.8 Å². The first-order chi connectivity index (χ1) is 7.88. The van der Waals surface area contributed by atoms with Crippen molar-refractivity contribution in [3.05, 3.63) is 51.3 Å². The summed E-state index contributed by atoms with van der Waals surface area (Å²) in [6, 6.07) is 6.93. The van der Waals surface area contributed by atoms with Crippen LogP contribution in [0.1, 0.15) is 5.01 Å². The van der Waals surface area contributed by atoms with Gasteiger partial charge in [0.1, 0.15) is 17.4 Å². The summed E-state index contributed by atoms with van der Waals surface area (Å²) in [4.78, 5) is 6.80. The molecule has 0 aliphatic rings. The molecule has 0 aliphatic carbocycles. The number of hydrogen-bond acceptors (Lipinski definition) is 4. The van der Waals surface area contributed by atoms with Gasteiger partial charge in [-0.2, -0.15) is 0 Å². The predicted octanol–water partition coefficient (Wildman–Crippen LogP) is 3.66. The fraction of sp³-hybridized carbons (Fsp3) is 0.100. The molecular weight excluding hydrogens is 224 g/mol. The third kappa shape index (κ3) is 2.73. The maximum absolute atomic E-state index is 8.24. The highest BCUT2D eigenvalue weighted by Gasteiger charge is 1.97. The average Bonchev–Trinajstić information content (AvgIpc) is 2.82. The van der Waals surface area contributed by atoms with Crippen molar-refractivity contribution in [1.82, 2.24) is 4.98 Å². The average molecular weight is 232 g/mol. The number of rotatable bonds is 4. The van der Waals surface area contributed by atoms with Crippen LogP contribution in [0.5, 0.6) is 5.75 Å². The molecule has 0 fully saturated rings. The minimum atomic E-state index is 0.457. The Kier molecular flexibility index (Phi) is 3.38. The van der Waals surface area contributed by atoms with Gasteiger partial charge in [0.05, 0.1) is 0 Å². The Hall–Kier alpha value is -2.04. The van der Waals surface area contributed by atoms with E-state index in [0.717, 1.165) is 10.8 Å². The largest absolute Gasteiger partial charge is 0.486 e. The fourth-order valence-corrected chi connectivity index (χ4v) is 1.66. The molecule has 1 heterocycles. The van der Waals surface area contributed by atoms with Crippen LogP contribution in [0.15, 0.2) is 41.0 Å². The van der Waals surface area contributed by atoms with Crippen LogP contribution in [0.4, 0.5) is 5.69 Å². The molecule has 0 bridgehead atoms. The Labute approximate surface area is 96.0 Å². The summed E-state index contributed by atoms with van der Waals surface area (Å²) in [6.45, 7) is 0.457. The van der Waals surface area contributed by atoms with Crippen molar-refractivity contribution in [3.8, 4) is 5.75 Å². The lowest BCUT2D eigenvalue weighted by atomic mass is 10.3. The molecule has 0 atom stereocenters. The molecule has 0 aliphatic heterocycles. The van der Waals surface area contributed by atoms with E-state index in [1.165, 1.54) is 0 Å². The van der Waals surface area contributed by atoms with Crippen LogP contribution >= 0.6 is 11.3 Å². The summed E-state index contributed by atoms with van der Waals surface area (Å²) in [6.07, 6.45) is 1.74. The minimum absolute atomic E-state index is 0.457. The topological polar surface area (TPSA) is 70.9 Å². The van der Waals surface area contributed by atoms with Crippen LogP contribution in [-0.2, 0) is 6.61 Å². The van der Waals surface area contributed by atoms with E-state index in [1.807, 2.05) is 5.38 Å². The van der Waals surface area contributed by atoms with Gasteiger partial charge >= 0.3 is 0 Å². The summed E-state index contributed by atoms with van der Waals surface area (Å²) in [5.41, 5.74) is 8.81. The molecule has 0 radical (unpaired) electrons. The number of azide groups is 1. The third-order valence-electron chi connectivity index (χ3n) is 1.84. The van der Waals surface area contributed by atoms with E-state index in [0.29, 0.717) is 12.3 Å². The molecular formula is C10H8N4OS. The monoisotopic (exact) mass is 232 g/mol. The molecule has 0 spiro atoms. The molecule has 80 valence electrons. The van der Waals surface area contributed by atoms with Gasteiger partial charge in [0.2, 0.25) is 0 Å². The van der Waals surface area contributed by atoms with Crippen molar-refractivity contribution >= 4 is 17.0 Å². The quantitative estimate of drug-likeness (QED) is 0.458. The number of benzene rings is 1. The molecule has 2 aromatic rings. The molecule has 16 heavy (non-hydrogen) atoms. The van der Waals surface area contributed by atoms with Crippen molar-refractivity contribution in [2.24, 2.45) is 5.11 Å². The maximum atomic E-state index is 8.24. The number of hydrogen-bond donors (Lipinski definition) is 0. The molecule has 1 aromatic carbocycles. The molecule has 2 rings (SSSR count). The third-order valence-corrected chi connectivity index (χ3v) is 2.60. The van der Waals surface area contributed by atoms with Crippen LogP contribution in [0.25, 0.3) is 10.4 Å². The van der Waals surface area contributed by atoms with Gasteiger partial charge in [0.25, 0.3) is 0 Å². The smallest absolute Gasteiger partial charge is 0.140 e. The zero-order valence-corrected chi connectivity index (χ0v) is 9.09. The van der Waals surface area contributed by atoms with Gasteiger partial charge in [0.15, 0.2) is 0 Å². The second kappa shape index (κ2) is 5.16. The van der Waals surface area contributed by atoms with Crippen molar-refractivity contribution in [2.75, 3.05) is 0 Å². The van der Waals surface area contributed by atoms with E-state index in [-0.39, 0.29) is 0 Å². The Morgan fingerprint density at radius 2 is 2.19 bits per heavy atom. The van der Waals surface area contributed by atoms with Crippen molar-refractivity contribution in [3.63, 3.8) is 0 Å². The zero-order chi connectivity index (χ0) is 11.2. The second-order valence-electron chi connectivity index (χ2n) is 2.90. The molecule has 0 amide bonds. The van der Waals surface area contributed by atoms with E-state index in [4.69, 9.17) is 10.3 Å². The highest BCUT2D eigenvalue weighted by atomic mass is 32.1. The number of ether oxygens (including phenoxy) is 1. The molecule has 0 unspecified atom stereocenters. The molecule has 0 N–H and O–H groups in total. The highest BCUT2D eigenvalue weighted by molar-refractivity contribution is 7.09. The predicted molar refractivity (Wildman–Crippen MR) is 61.7 cm³/mol. The Bertz CT molecular complexity index is 488. The summed E-state index contributed by atoms with van der Waals surface area (Å²) < 4.78 is 5.50. The van der Waals surface area contributed by atoms with Crippen LogP contribution in [0.2, 0.25) is 0 Å². The Morgan fingerprint density at radius 1 is 1.38 bits per heavy atom. The standard InChI is InChI=1S/C10H8N4OS/c11-14-13-8-1-3-9(4-2-8)15-7-10-12-5-6-16-10/h1-6H,7H2. The van der Waals surface area contributed by atoms with Gasteiger partial charge in [-0.1, -0.05) is 5.11 Å². The van der Waals surface area contributed by atoms with Crippen LogP contribution in [0.3, 0.4) is 0 Å². The molecule has 5 nitrogen and oxygen atoms in total. The highest BCUT2D eigenvalue weighted by Crippen LogP contribution is 2.19. The van der Waals surface area contributed by atoms with E-state index < -0.39 is 0 Å². The summed E-state index contributed by atoms with van der Waals surface area (Å²) in [5.74, 6) is 0.729. The van der Waals surface area contributed by atoms with Crippen molar-refractivity contribution in [1.29, 1.82) is 0 Å². The van der Waals surface area contributed by atoms with E-state index in [9.17, 15) is 0 Å². The number of nitrogens with zero attached hydrogens (tertiary/aromatic N) is 4. The molecule has 0 saturated heterocycles. The summed E-state index contributed by atoms with van der Waals surface area (Å²) >= 11 is 1.55. The van der Waals surface area contributed by atoms with Gasteiger partial charge in [0, 0.05) is 22.2 Å². The SMILES string of the molecule is [N-]=[N+]=Nc1ccc(OCc2nccs2)cc1. The first-order valence-electron chi connectivity index (χ1n) is 4.55. The lowest BCUT2D eigenvalue weighted by Gasteiger charge is -2.03. The van der Waals surface area contributed by atoms with Crippen LogP contribution in [-0.4, -0.2) is 4.98 Å². The number of thiazole rings is 1. The summed E-state index contributed by atoms with van der Waals surface area (Å²) in [7, 11) is 0. The van der Waals surface area contributed by atoms with Gasteiger partial charge in [-0.25, -0.2) is 4.98 Å². The van der Waals surface area contributed by atoms with Crippen molar-refractivity contribution < 1.29 is 4.74 Å².